The van der Waals surface area contributed by atoms with Crippen molar-refractivity contribution in [3.8, 4) is 6.07 Å². The second-order valence-electron chi connectivity index (χ2n) is 4.53. The monoisotopic (exact) mass is 278 g/mol. The van der Waals surface area contributed by atoms with Gasteiger partial charge in [0.2, 0.25) is 5.91 Å². The van der Waals surface area contributed by atoms with Crippen LogP contribution in [0, 0.1) is 23.1 Å². The van der Waals surface area contributed by atoms with E-state index in [0.29, 0.717) is 5.56 Å². The van der Waals surface area contributed by atoms with Crippen molar-refractivity contribution in [3.63, 3.8) is 0 Å². The first-order chi connectivity index (χ1) is 9.43. The number of halogens is 1. The number of carbonyl (C=O) groups excluding carboxylic acids is 1. The molecular formula is C14H15FN2O3. The summed E-state index contributed by atoms with van der Waals surface area (Å²) in [5.41, 5.74) is 0.584. The van der Waals surface area contributed by atoms with Crippen LogP contribution in [0.4, 0.5) is 4.39 Å². The Balaban J connectivity index is 2.65. The fraction of sp³-hybridized carbons (Fsp3) is 0.357. The zero-order valence-electron chi connectivity index (χ0n) is 11.0. The number of nitrogens with zero attached hydrogens (tertiary/aromatic N) is 1. The van der Waals surface area contributed by atoms with Gasteiger partial charge >= 0.3 is 5.97 Å². The van der Waals surface area contributed by atoms with E-state index >= 15 is 0 Å². The lowest BCUT2D eigenvalue weighted by Crippen LogP contribution is -2.45. The summed E-state index contributed by atoms with van der Waals surface area (Å²) in [5.74, 6) is -2.55. The minimum atomic E-state index is -1.18. The summed E-state index contributed by atoms with van der Waals surface area (Å²) in [6.07, 6.45) is -0.00285. The molecule has 6 heteroatoms. The SMILES string of the molecule is C[C@H](CC#N)[C@H](NC(=O)Cc1ccc(F)cc1)C(=O)O. The Morgan fingerprint density at radius 1 is 1.40 bits per heavy atom. The second-order valence-corrected chi connectivity index (χ2v) is 4.53. The van der Waals surface area contributed by atoms with Gasteiger partial charge in [0, 0.05) is 12.3 Å². The summed E-state index contributed by atoms with van der Waals surface area (Å²) in [7, 11) is 0. The minimum Gasteiger partial charge on any atom is -0.480 e. The molecule has 106 valence electrons. The second kappa shape index (κ2) is 7.24. The average molecular weight is 278 g/mol. The van der Waals surface area contributed by atoms with Gasteiger partial charge in [-0.05, 0) is 17.7 Å². The topological polar surface area (TPSA) is 90.2 Å². The molecule has 2 atom stereocenters. The third-order valence-corrected chi connectivity index (χ3v) is 2.84. The van der Waals surface area contributed by atoms with Crippen molar-refractivity contribution >= 4 is 11.9 Å². The maximum Gasteiger partial charge on any atom is 0.326 e. The highest BCUT2D eigenvalue weighted by atomic mass is 19.1. The van der Waals surface area contributed by atoms with Gasteiger partial charge in [0.15, 0.2) is 0 Å². The lowest BCUT2D eigenvalue weighted by Gasteiger charge is -2.19. The lowest BCUT2D eigenvalue weighted by atomic mass is 9.98. The molecule has 0 aromatic heterocycles. The molecule has 2 N–H and O–H groups in total. The third-order valence-electron chi connectivity index (χ3n) is 2.84. The lowest BCUT2D eigenvalue weighted by molar-refractivity contribution is -0.143. The number of nitriles is 1. The van der Waals surface area contributed by atoms with E-state index < -0.39 is 29.7 Å². The summed E-state index contributed by atoms with van der Waals surface area (Å²) >= 11 is 0. The van der Waals surface area contributed by atoms with Crippen LogP contribution in [0.25, 0.3) is 0 Å². The Hall–Kier alpha value is -2.42. The first-order valence-electron chi connectivity index (χ1n) is 6.07. The molecule has 1 rings (SSSR count). The molecular weight excluding hydrogens is 263 g/mol. The number of nitrogens with one attached hydrogen (secondary N) is 1. The number of rotatable bonds is 6. The van der Waals surface area contributed by atoms with Crippen LogP contribution >= 0.6 is 0 Å². The van der Waals surface area contributed by atoms with E-state index in [4.69, 9.17) is 10.4 Å². The predicted molar refractivity (Wildman–Crippen MR) is 69.1 cm³/mol. The van der Waals surface area contributed by atoms with Crippen molar-refractivity contribution in [1.29, 1.82) is 5.26 Å². The molecule has 0 saturated carbocycles. The number of carboxylic acids is 1. The van der Waals surface area contributed by atoms with Crippen molar-refractivity contribution in [1.82, 2.24) is 5.32 Å². The molecule has 0 fully saturated rings. The van der Waals surface area contributed by atoms with Gasteiger partial charge in [-0.1, -0.05) is 19.1 Å². The van der Waals surface area contributed by atoms with Crippen LogP contribution in [0.5, 0.6) is 0 Å². The highest BCUT2D eigenvalue weighted by Crippen LogP contribution is 2.09. The normalized spacial score (nSPS) is 13.1. The summed E-state index contributed by atoms with van der Waals surface area (Å²) in [5, 5.41) is 20.0. The minimum absolute atomic E-state index is 0.0355. The van der Waals surface area contributed by atoms with E-state index in [9.17, 15) is 14.0 Å². The molecule has 0 saturated heterocycles. The molecule has 20 heavy (non-hydrogen) atoms. The molecule has 0 unspecified atom stereocenters. The van der Waals surface area contributed by atoms with Gasteiger partial charge in [0.25, 0.3) is 0 Å². The predicted octanol–water partition coefficient (Wildman–Crippen LogP) is 1.49. The number of benzene rings is 1. The van der Waals surface area contributed by atoms with E-state index in [1.807, 2.05) is 6.07 Å². The molecule has 0 bridgehead atoms. The van der Waals surface area contributed by atoms with Crippen LogP contribution < -0.4 is 5.32 Å². The average Bonchev–Trinajstić information content (AvgIpc) is 2.38. The number of carboxylic acid groups (broad SMARTS) is 1. The van der Waals surface area contributed by atoms with E-state index in [2.05, 4.69) is 5.32 Å². The Labute approximate surface area is 116 Å². The van der Waals surface area contributed by atoms with Crippen LogP contribution in [-0.4, -0.2) is 23.0 Å². The van der Waals surface area contributed by atoms with Crippen LogP contribution in [0.1, 0.15) is 18.9 Å². The highest BCUT2D eigenvalue weighted by molar-refractivity contribution is 5.85. The molecule has 0 radical (unpaired) electrons. The smallest absolute Gasteiger partial charge is 0.326 e. The van der Waals surface area contributed by atoms with Crippen molar-refractivity contribution in [2.75, 3.05) is 0 Å². The molecule has 0 aliphatic heterocycles. The molecule has 1 aromatic rings. The van der Waals surface area contributed by atoms with Gasteiger partial charge in [-0.3, -0.25) is 4.79 Å². The molecule has 0 aliphatic rings. The zero-order valence-corrected chi connectivity index (χ0v) is 11.0. The molecule has 1 aromatic carbocycles. The van der Waals surface area contributed by atoms with Crippen LogP contribution in [-0.2, 0) is 16.0 Å². The van der Waals surface area contributed by atoms with Crippen molar-refractivity contribution < 1.29 is 19.1 Å². The summed E-state index contributed by atoms with van der Waals surface area (Å²) in [6.45, 7) is 1.58. The number of hydrogen-bond acceptors (Lipinski definition) is 3. The number of hydrogen-bond donors (Lipinski definition) is 2. The Morgan fingerprint density at radius 2 is 2.00 bits per heavy atom. The summed E-state index contributed by atoms with van der Waals surface area (Å²) in [4.78, 5) is 22.8. The third kappa shape index (κ3) is 4.69. The van der Waals surface area contributed by atoms with E-state index in [-0.39, 0.29) is 12.8 Å². The van der Waals surface area contributed by atoms with Crippen LogP contribution in [0.2, 0.25) is 0 Å². The number of carbonyl (C=O) groups is 2. The maximum atomic E-state index is 12.7. The van der Waals surface area contributed by atoms with Crippen molar-refractivity contribution in [3.05, 3.63) is 35.6 Å². The molecule has 0 spiro atoms. The van der Waals surface area contributed by atoms with Crippen molar-refractivity contribution in [2.45, 2.75) is 25.8 Å². The van der Waals surface area contributed by atoms with E-state index in [1.165, 1.54) is 24.3 Å². The molecule has 1 amide bonds. The largest absolute Gasteiger partial charge is 0.480 e. The van der Waals surface area contributed by atoms with E-state index in [1.54, 1.807) is 6.92 Å². The molecule has 0 heterocycles. The fourth-order valence-corrected chi connectivity index (χ4v) is 1.72. The Kier molecular flexibility index (Phi) is 5.66. The standard InChI is InChI=1S/C14H15FN2O3/c1-9(6-7-16)13(14(19)20)17-12(18)8-10-2-4-11(15)5-3-10/h2-5,9,13H,6,8H2,1H3,(H,17,18)(H,19,20)/t9-,13+/m1/s1. The van der Waals surface area contributed by atoms with Gasteiger partial charge in [0.05, 0.1) is 12.5 Å². The zero-order chi connectivity index (χ0) is 15.1. The fourth-order valence-electron chi connectivity index (χ4n) is 1.72. The maximum absolute atomic E-state index is 12.7. The summed E-state index contributed by atoms with van der Waals surface area (Å²) < 4.78 is 12.7. The van der Waals surface area contributed by atoms with Gasteiger partial charge in [-0.15, -0.1) is 0 Å². The quantitative estimate of drug-likeness (QED) is 0.824. The number of amides is 1. The Bertz CT molecular complexity index is 522. The van der Waals surface area contributed by atoms with Gasteiger partial charge in [-0.25, -0.2) is 9.18 Å². The van der Waals surface area contributed by atoms with Crippen molar-refractivity contribution in [2.24, 2.45) is 5.92 Å². The Morgan fingerprint density at radius 3 is 2.50 bits per heavy atom. The van der Waals surface area contributed by atoms with Gasteiger partial charge in [0.1, 0.15) is 11.9 Å². The highest BCUT2D eigenvalue weighted by Gasteiger charge is 2.26. The van der Waals surface area contributed by atoms with Gasteiger partial charge < -0.3 is 10.4 Å². The first-order valence-corrected chi connectivity index (χ1v) is 6.07. The molecule has 5 nitrogen and oxygen atoms in total. The first kappa shape index (κ1) is 15.6. The van der Waals surface area contributed by atoms with Crippen LogP contribution in [0.15, 0.2) is 24.3 Å². The number of aliphatic carboxylic acids is 1. The van der Waals surface area contributed by atoms with Gasteiger partial charge in [-0.2, -0.15) is 5.26 Å². The summed E-state index contributed by atoms with van der Waals surface area (Å²) in [6, 6.07) is 6.15. The van der Waals surface area contributed by atoms with E-state index in [0.717, 1.165) is 0 Å². The molecule has 0 aliphatic carbocycles. The van der Waals surface area contributed by atoms with Crippen LogP contribution in [0.3, 0.4) is 0 Å².